The molecule has 1 amide bonds. The van der Waals surface area contributed by atoms with Crippen molar-refractivity contribution in [2.24, 2.45) is 0 Å². The third kappa shape index (κ3) is 5.77. The third-order valence-electron chi connectivity index (χ3n) is 3.26. The van der Waals surface area contributed by atoms with E-state index in [0.29, 0.717) is 35.4 Å². The van der Waals surface area contributed by atoms with E-state index >= 15 is 0 Å². The van der Waals surface area contributed by atoms with Crippen LogP contribution in [0.4, 0.5) is 0 Å². The van der Waals surface area contributed by atoms with Gasteiger partial charge in [-0.1, -0.05) is 35.3 Å². The Kier molecular flexibility index (Phi) is 6.92. The Balaban J connectivity index is 1.99. The van der Waals surface area contributed by atoms with E-state index in [4.69, 9.17) is 33.2 Å². The Labute approximate surface area is 151 Å². The fourth-order valence-corrected chi connectivity index (χ4v) is 2.55. The monoisotopic (exact) mass is 362 g/mol. The molecule has 0 unspecified atom stereocenters. The fourth-order valence-electron chi connectivity index (χ4n) is 2.14. The first-order valence-corrected chi connectivity index (χ1v) is 8.13. The number of nitrogens with zero attached hydrogens (tertiary/aromatic N) is 1. The maximum absolute atomic E-state index is 11.3. The van der Waals surface area contributed by atoms with Crippen molar-refractivity contribution in [1.29, 1.82) is 5.26 Å². The molecule has 4 nitrogen and oxygen atoms in total. The van der Waals surface area contributed by atoms with Crippen LogP contribution in [0.15, 0.2) is 42.5 Å². The van der Waals surface area contributed by atoms with Crippen LogP contribution >= 0.6 is 23.2 Å². The van der Waals surface area contributed by atoms with Gasteiger partial charge in [-0.3, -0.25) is 4.79 Å². The maximum atomic E-state index is 11.3. The van der Waals surface area contributed by atoms with E-state index in [9.17, 15) is 4.79 Å². The normalized spacial score (nSPS) is 10.0. The number of hydrogen-bond donors (Lipinski definition) is 1. The summed E-state index contributed by atoms with van der Waals surface area (Å²) in [6, 6.07) is 14.6. The Morgan fingerprint density at radius 2 is 1.96 bits per heavy atom. The van der Waals surface area contributed by atoms with Gasteiger partial charge in [0.25, 0.3) is 0 Å². The lowest BCUT2D eigenvalue weighted by Gasteiger charge is -2.12. The van der Waals surface area contributed by atoms with Crippen molar-refractivity contribution < 1.29 is 9.53 Å². The number of carbonyl (C=O) groups is 1. The fraction of sp³-hybridized carbons (Fsp3) is 0.222. The van der Waals surface area contributed by atoms with Crippen molar-refractivity contribution in [3.05, 3.63) is 63.6 Å². The second kappa shape index (κ2) is 9.17. The lowest BCUT2D eigenvalue weighted by molar-refractivity contribution is -0.120. The Morgan fingerprint density at radius 3 is 2.71 bits per heavy atom. The van der Waals surface area contributed by atoms with Gasteiger partial charge in [0.05, 0.1) is 6.07 Å². The molecule has 0 heterocycles. The highest BCUT2D eigenvalue weighted by atomic mass is 35.5. The molecular formula is C18H16Cl2N2O2. The highest BCUT2D eigenvalue weighted by Gasteiger charge is 2.07. The topological polar surface area (TPSA) is 62.1 Å². The summed E-state index contributed by atoms with van der Waals surface area (Å²) in [4.78, 5) is 11.3. The van der Waals surface area contributed by atoms with Gasteiger partial charge in [0.2, 0.25) is 5.91 Å². The molecule has 0 aliphatic heterocycles. The zero-order chi connectivity index (χ0) is 17.4. The number of halogens is 2. The van der Waals surface area contributed by atoms with Crippen LogP contribution in [0.5, 0.6) is 5.75 Å². The summed E-state index contributed by atoms with van der Waals surface area (Å²) in [5.41, 5.74) is 1.85. The maximum Gasteiger partial charge on any atom is 0.234 e. The van der Waals surface area contributed by atoms with Crippen LogP contribution in [-0.2, 0) is 17.8 Å². The van der Waals surface area contributed by atoms with Crippen molar-refractivity contribution in [3.8, 4) is 11.8 Å². The number of benzene rings is 2. The van der Waals surface area contributed by atoms with Gasteiger partial charge in [-0.15, -0.1) is 0 Å². The second-order valence-corrected chi connectivity index (χ2v) is 5.98. The number of nitriles is 1. The van der Waals surface area contributed by atoms with Gasteiger partial charge < -0.3 is 10.1 Å². The molecule has 2 rings (SSSR count). The lowest BCUT2D eigenvalue weighted by atomic mass is 10.1. The average Bonchev–Trinajstić information content (AvgIpc) is 2.54. The third-order valence-corrected chi connectivity index (χ3v) is 3.73. The average molecular weight is 363 g/mol. The molecule has 0 spiro atoms. The molecule has 0 aliphatic rings. The predicted molar refractivity (Wildman–Crippen MR) is 94.2 cm³/mol. The van der Waals surface area contributed by atoms with Crippen LogP contribution in [0, 0.1) is 11.3 Å². The molecule has 0 radical (unpaired) electrons. The van der Waals surface area contributed by atoms with E-state index in [-0.39, 0.29) is 12.3 Å². The van der Waals surface area contributed by atoms with Gasteiger partial charge >= 0.3 is 0 Å². The summed E-state index contributed by atoms with van der Waals surface area (Å²) in [7, 11) is 0. The summed E-state index contributed by atoms with van der Waals surface area (Å²) in [6.07, 6.45) is 0.413. The summed E-state index contributed by atoms with van der Waals surface area (Å²) < 4.78 is 5.86. The molecule has 124 valence electrons. The Bertz CT molecular complexity index is 757. The van der Waals surface area contributed by atoms with E-state index in [1.807, 2.05) is 36.4 Å². The summed E-state index contributed by atoms with van der Waals surface area (Å²) in [6.45, 7) is 0.796. The van der Waals surface area contributed by atoms with Crippen LogP contribution in [0.25, 0.3) is 0 Å². The van der Waals surface area contributed by atoms with Crippen molar-refractivity contribution in [1.82, 2.24) is 5.32 Å². The van der Waals surface area contributed by atoms with E-state index in [0.717, 1.165) is 11.1 Å². The van der Waals surface area contributed by atoms with Gasteiger partial charge in [-0.25, -0.2) is 0 Å². The standard InChI is InChI=1S/C18H16Cl2N2O2/c19-15-3-1-2-13(10-15)12-24-17-5-4-16(20)11-14(17)7-9-22-18(23)6-8-21/h1-5,10-11H,6-7,9,12H2,(H,22,23). The first-order valence-electron chi connectivity index (χ1n) is 7.38. The van der Waals surface area contributed by atoms with Crippen molar-refractivity contribution in [2.75, 3.05) is 6.54 Å². The van der Waals surface area contributed by atoms with Crippen LogP contribution < -0.4 is 10.1 Å². The Morgan fingerprint density at radius 1 is 1.17 bits per heavy atom. The van der Waals surface area contributed by atoms with Crippen molar-refractivity contribution >= 4 is 29.1 Å². The highest BCUT2D eigenvalue weighted by molar-refractivity contribution is 6.30. The largest absolute Gasteiger partial charge is 0.489 e. The molecule has 0 aromatic heterocycles. The molecule has 0 aliphatic carbocycles. The van der Waals surface area contributed by atoms with E-state index in [1.165, 1.54) is 0 Å². The molecular weight excluding hydrogens is 347 g/mol. The molecule has 0 atom stereocenters. The quantitative estimate of drug-likeness (QED) is 0.804. The number of nitrogens with one attached hydrogen (secondary N) is 1. The van der Waals surface area contributed by atoms with Gasteiger partial charge in [-0.2, -0.15) is 5.26 Å². The minimum Gasteiger partial charge on any atom is -0.489 e. The van der Waals surface area contributed by atoms with Gasteiger partial charge in [0, 0.05) is 16.6 Å². The number of amides is 1. The van der Waals surface area contributed by atoms with E-state index in [1.54, 1.807) is 12.1 Å². The van der Waals surface area contributed by atoms with Crippen LogP contribution in [-0.4, -0.2) is 12.5 Å². The lowest BCUT2D eigenvalue weighted by Crippen LogP contribution is -2.25. The molecule has 1 N–H and O–H groups in total. The zero-order valence-corrected chi connectivity index (χ0v) is 14.4. The summed E-state index contributed by atoms with van der Waals surface area (Å²) in [5, 5.41) is 12.4. The number of hydrogen-bond acceptors (Lipinski definition) is 3. The van der Waals surface area contributed by atoms with E-state index < -0.39 is 0 Å². The highest BCUT2D eigenvalue weighted by Crippen LogP contribution is 2.24. The van der Waals surface area contributed by atoms with Crippen LogP contribution in [0.2, 0.25) is 10.0 Å². The van der Waals surface area contributed by atoms with E-state index in [2.05, 4.69) is 5.32 Å². The molecule has 0 saturated carbocycles. The SMILES string of the molecule is N#CCC(=O)NCCc1cc(Cl)ccc1OCc1cccc(Cl)c1. The minimum absolute atomic E-state index is 0.145. The van der Waals surface area contributed by atoms with Crippen LogP contribution in [0.1, 0.15) is 17.5 Å². The molecule has 2 aromatic rings. The Hall–Kier alpha value is -2.22. The molecule has 24 heavy (non-hydrogen) atoms. The number of ether oxygens (including phenoxy) is 1. The van der Waals surface area contributed by atoms with Gasteiger partial charge in [0.1, 0.15) is 18.8 Å². The molecule has 2 aromatic carbocycles. The molecule has 0 fully saturated rings. The van der Waals surface area contributed by atoms with Gasteiger partial charge in [0.15, 0.2) is 0 Å². The summed E-state index contributed by atoms with van der Waals surface area (Å²) in [5.74, 6) is 0.412. The number of carbonyl (C=O) groups excluding carboxylic acids is 1. The van der Waals surface area contributed by atoms with Gasteiger partial charge in [-0.05, 0) is 47.9 Å². The van der Waals surface area contributed by atoms with Crippen LogP contribution in [0.3, 0.4) is 0 Å². The smallest absolute Gasteiger partial charge is 0.234 e. The minimum atomic E-state index is -0.291. The zero-order valence-electron chi connectivity index (χ0n) is 12.9. The first-order chi connectivity index (χ1) is 11.6. The molecule has 0 saturated heterocycles. The van der Waals surface area contributed by atoms with Crippen molar-refractivity contribution in [2.45, 2.75) is 19.4 Å². The number of rotatable bonds is 7. The predicted octanol–water partition coefficient (Wildman–Crippen LogP) is 4.14. The first kappa shape index (κ1) is 18.1. The second-order valence-electron chi connectivity index (χ2n) is 5.11. The molecule has 6 heteroatoms. The van der Waals surface area contributed by atoms with Crippen molar-refractivity contribution in [3.63, 3.8) is 0 Å². The summed E-state index contributed by atoms with van der Waals surface area (Å²) >= 11 is 12.0. The molecule has 0 bridgehead atoms.